The second-order valence-corrected chi connectivity index (χ2v) is 5.73. The van der Waals surface area contributed by atoms with Crippen LogP contribution < -0.4 is 5.56 Å². The zero-order valence-electron chi connectivity index (χ0n) is 10.5. The quantitative estimate of drug-likeness (QED) is 0.844. The number of nitrogens with one attached hydrogen (secondary N) is 2. The van der Waals surface area contributed by atoms with Crippen molar-refractivity contribution >= 4 is 23.6 Å². The maximum Gasteiger partial charge on any atom is 0.255 e. The SMILES string of the molecule is CCCc1[nH]c(=S)[nH]c(=O)c1Cc1sccc1C. The van der Waals surface area contributed by atoms with Gasteiger partial charge in [-0.05, 0) is 42.6 Å². The molecule has 5 heteroatoms. The number of thiophene rings is 1. The molecule has 0 unspecified atom stereocenters. The van der Waals surface area contributed by atoms with Crippen LogP contribution in [-0.2, 0) is 12.8 Å². The number of H-pyrrole nitrogens is 2. The van der Waals surface area contributed by atoms with E-state index in [1.54, 1.807) is 11.3 Å². The molecule has 0 spiro atoms. The molecule has 2 aromatic heterocycles. The first-order valence-corrected chi connectivity index (χ1v) is 7.28. The molecular weight excluding hydrogens is 264 g/mol. The Morgan fingerprint density at radius 3 is 2.78 bits per heavy atom. The van der Waals surface area contributed by atoms with E-state index in [1.807, 2.05) is 0 Å². The molecule has 0 radical (unpaired) electrons. The number of rotatable bonds is 4. The number of aromatic amines is 2. The summed E-state index contributed by atoms with van der Waals surface area (Å²) in [6.07, 6.45) is 2.53. The first kappa shape index (κ1) is 13.2. The van der Waals surface area contributed by atoms with Crippen LogP contribution in [0, 0.1) is 11.7 Å². The second-order valence-electron chi connectivity index (χ2n) is 4.32. The predicted octanol–water partition coefficient (Wildman–Crippen LogP) is 3.35. The average molecular weight is 280 g/mol. The van der Waals surface area contributed by atoms with Crippen LogP contribution in [0.3, 0.4) is 0 Å². The molecule has 2 heterocycles. The highest BCUT2D eigenvalue weighted by atomic mass is 32.1. The van der Waals surface area contributed by atoms with Crippen LogP contribution in [0.2, 0.25) is 0 Å². The highest BCUT2D eigenvalue weighted by Gasteiger charge is 2.11. The van der Waals surface area contributed by atoms with Crippen LogP contribution in [0.5, 0.6) is 0 Å². The fourth-order valence-corrected chi connectivity index (χ4v) is 3.09. The van der Waals surface area contributed by atoms with E-state index >= 15 is 0 Å². The van der Waals surface area contributed by atoms with Crippen LogP contribution >= 0.6 is 23.6 Å². The third kappa shape index (κ3) is 2.79. The van der Waals surface area contributed by atoms with Crippen molar-refractivity contribution < 1.29 is 0 Å². The van der Waals surface area contributed by atoms with Crippen molar-refractivity contribution in [1.82, 2.24) is 9.97 Å². The molecule has 0 aliphatic carbocycles. The van der Waals surface area contributed by atoms with Crippen LogP contribution in [0.1, 0.15) is 35.0 Å². The Balaban J connectivity index is 2.46. The van der Waals surface area contributed by atoms with E-state index in [1.165, 1.54) is 10.4 Å². The number of aryl methyl sites for hydroxylation is 2. The van der Waals surface area contributed by atoms with Crippen LogP contribution in [0.15, 0.2) is 16.2 Å². The molecule has 0 saturated carbocycles. The molecule has 0 aliphatic heterocycles. The third-order valence-corrected chi connectivity index (χ3v) is 4.16. The van der Waals surface area contributed by atoms with Gasteiger partial charge in [-0.2, -0.15) is 0 Å². The third-order valence-electron chi connectivity index (χ3n) is 2.94. The van der Waals surface area contributed by atoms with Crippen molar-refractivity contribution in [1.29, 1.82) is 0 Å². The lowest BCUT2D eigenvalue weighted by atomic mass is 10.1. The largest absolute Gasteiger partial charge is 0.336 e. The molecule has 0 fully saturated rings. The van der Waals surface area contributed by atoms with Gasteiger partial charge >= 0.3 is 0 Å². The highest BCUT2D eigenvalue weighted by Crippen LogP contribution is 2.19. The average Bonchev–Trinajstić information content (AvgIpc) is 2.69. The molecule has 18 heavy (non-hydrogen) atoms. The second kappa shape index (κ2) is 5.63. The number of hydrogen-bond acceptors (Lipinski definition) is 3. The molecule has 0 atom stereocenters. The Morgan fingerprint density at radius 1 is 1.39 bits per heavy atom. The molecule has 3 nitrogen and oxygen atoms in total. The number of aromatic nitrogens is 2. The summed E-state index contributed by atoms with van der Waals surface area (Å²) in [4.78, 5) is 19.1. The lowest BCUT2D eigenvalue weighted by Gasteiger charge is -2.07. The lowest BCUT2D eigenvalue weighted by Crippen LogP contribution is -2.18. The summed E-state index contributed by atoms with van der Waals surface area (Å²) in [7, 11) is 0. The summed E-state index contributed by atoms with van der Waals surface area (Å²) in [6, 6.07) is 2.08. The van der Waals surface area contributed by atoms with E-state index < -0.39 is 0 Å². The normalized spacial score (nSPS) is 10.8. The summed E-state index contributed by atoms with van der Waals surface area (Å²) >= 11 is 6.72. The maximum atomic E-state index is 12.0. The molecule has 2 aromatic rings. The summed E-state index contributed by atoms with van der Waals surface area (Å²) in [5.74, 6) is 0. The van der Waals surface area contributed by atoms with Gasteiger partial charge in [0.2, 0.25) is 0 Å². The molecule has 96 valence electrons. The predicted molar refractivity (Wildman–Crippen MR) is 78.1 cm³/mol. The first-order valence-electron chi connectivity index (χ1n) is 5.99. The Hall–Kier alpha value is -1.20. The van der Waals surface area contributed by atoms with Crippen LogP contribution in [-0.4, -0.2) is 9.97 Å². The monoisotopic (exact) mass is 280 g/mol. The van der Waals surface area contributed by atoms with Gasteiger partial charge < -0.3 is 4.98 Å². The van der Waals surface area contributed by atoms with Gasteiger partial charge in [-0.3, -0.25) is 9.78 Å². The van der Waals surface area contributed by atoms with E-state index in [4.69, 9.17) is 12.2 Å². The van der Waals surface area contributed by atoms with E-state index in [9.17, 15) is 4.79 Å². The first-order chi connectivity index (χ1) is 8.61. The van der Waals surface area contributed by atoms with Gasteiger partial charge in [-0.15, -0.1) is 11.3 Å². The topological polar surface area (TPSA) is 48.6 Å². The fraction of sp³-hybridized carbons (Fsp3) is 0.385. The Kier molecular flexibility index (Phi) is 4.14. The van der Waals surface area contributed by atoms with Crippen molar-refractivity contribution in [3.8, 4) is 0 Å². The molecule has 0 aromatic carbocycles. The van der Waals surface area contributed by atoms with Crippen LogP contribution in [0.25, 0.3) is 0 Å². The lowest BCUT2D eigenvalue weighted by molar-refractivity contribution is 0.834. The van der Waals surface area contributed by atoms with Crippen molar-refractivity contribution in [2.24, 2.45) is 0 Å². The zero-order chi connectivity index (χ0) is 13.1. The molecule has 0 amide bonds. The van der Waals surface area contributed by atoms with Gasteiger partial charge in [0, 0.05) is 22.6 Å². The Morgan fingerprint density at radius 2 is 2.17 bits per heavy atom. The summed E-state index contributed by atoms with van der Waals surface area (Å²) < 4.78 is 0.412. The molecule has 2 rings (SSSR count). The Labute approximate surface area is 115 Å². The molecule has 0 bridgehead atoms. The minimum atomic E-state index is -0.0602. The highest BCUT2D eigenvalue weighted by molar-refractivity contribution is 7.71. The maximum absolute atomic E-state index is 12.0. The van der Waals surface area contributed by atoms with E-state index in [0.717, 1.165) is 24.1 Å². The van der Waals surface area contributed by atoms with E-state index in [2.05, 4.69) is 35.3 Å². The summed E-state index contributed by atoms with van der Waals surface area (Å²) in [5, 5.41) is 2.06. The summed E-state index contributed by atoms with van der Waals surface area (Å²) in [6.45, 7) is 4.17. The number of hydrogen-bond donors (Lipinski definition) is 2. The van der Waals surface area contributed by atoms with Gasteiger partial charge in [-0.25, -0.2) is 0 Å². The fourth-order valence-electron chi connectivity index (χ4n) is 1.96. The van der Waals surface area contributed by atoms with Gasteiger partial charge in [0.05, 0.1) is 0 Å². The molecule has 0 aliphatic rings. The van der Waals surface area contributed by atoms with Crippen LogP contribution in [0.4, 0.5) is 0 Å². The van der Waals surface area contributed by atoms with Gasteiger partial charge in [0.1, 0.15) is 0 Å². The van der Waals surface area contributed by atoms with Crippen molar-refractivity contribution in [3.05, 3.63) is 48.3 Å². The van der Waals surface area contributed by atoms with Gasteiger partial charge in [0.15, 0.2) is 4.77 Å². The minimum Gasteiger partial charge on any atom is -0.336 e. The van der Waals surface area contributed by atoms with Crippen molar-refractivity contribution in [3.63, 3.8) is 0 Å². The van der Waals surface area contributed by atoms with Crippen molar-refractivity contribution in [2.45, 2.75) is 33.1 Å². The molecule has 0 saturated heterocycles. The Bertz CT molecular complexity index is 651. The molecular formula is C13H16N2OS2. The summed E-state index contributed by atoms with van der Waals surface area (Å²) in [5.41, 5.74) is 2.97. The zero-order valence-corrected chi connectivity index (χ0v) is 12.1. The smallest absolute Gasteiger partial charge is 0.255 e. The molecule has 2 N–H and O–H groups in total. The minimum absolute atomic E-state index is 0.0602. The van der Waals surface area contributed by atoms with Gasteiger partial charge in [0.25, 0.3) is 5.56 Å². The standard InChI is InChI=1S/C13H16N2OS2/c1-3-4-10-9(12(16)15-13(17)14-10)7-11-8(2)5-6-18-11/h5-6H,3-4,7H2,1-2H3,(H2,14,15,16,17). The van der Waals surface area contributed by atoms with E-state index in [-0.39, 0.29) is 5.56 Å². The van der Waals surface area contributed by atoms with Gasteiger partial charge in [-0.1, -0.05) is 13.3 Å². The van der Waals surface area contributed by atoms with E-state index in [0.29, 0.717) is 11.2 Å². The van der Waals surface area contributed by atoms with Crippen molar-refractivity contribution in [2.75, 3.05) is 0 Å².